The van der Waals surface area contributed by atoms with Crippen molar-refractivity contribution in [3.05, 3.63) is 47.2 Å². The van der Waals surface area contributed by atoms with Crippen LogP contribution in [-0.2, 0) is 22.7 Å². The molecule has 34 heavy (non-hydrogen) atoms. The van der Waals surface area contributed by atoms with E-state index in [-0.39, 0.29) is 36.0 Å². The third-order valence-electron chi connectivity index (χ3n) is 6.11. The van der Waals surface area contributed by atoms with Gasteiger partial charge in [0.25, 0.3) is 11.8 Å². The number of rotatable bonds is 3. The second-order valence-electron chi connectivity index (χ2n) is 8.58. The number of carbonyl (C=O) groups excluding carboxylic acids is 1. The topological polar surface area (TPSA) is 91.4 Å². The number of aromatic nitrogens is 1. The van der Waals surface area contributed by atoms with Crippen LogP contribution in [0.2, 0.25) is 0 Å². The molecule has 7 nitrogen and oxygen atoms in total. The molecule has 3 heterocycles. The fourth-order valence-corrected chi connectivity index (χ4v) is 5.42. The van der Waals surface area contributed by atoms with Gasteiger partial charge >= 0.3 is 6.18 Å². The molecule has 2 aliphatic rings. The summed E-state index contributed by atoms with van der Waals surface area (Å²) in [5, 5.41) is 2.41. The Labute approximate surface area is 192 Å². The molecule has 2 N–H and O–H groups in total. The van der Waals surface area contributed by atoms with Crippen molar-refractivity contribution >= 4 is 27.4 Å². The molecule has 0 radical (unpaired) electrons. The maximum Gasteiger partial charge on any atom is 0.417 e. The highest BCUT2D eigenvalue weighted by Crippen LogP contribution is 2.40. The van der Waals surface area contributed by atoms with Crippen molar-refractivity contribution in [2.45, 2.75) is 37.4 Å². The minimum absolute atomic E-state index is 0.0475. The summed E-state index contributed by atoms with van der Waals surface area (Å²) in [6.45, 7) is 2.32. The molecule has 0 bridgehead atoms. The van der Waals surface area contributed by atoms with Crippen molar-refractivity contribution in [3.8, 4) is 0 Å². The third-order valence-corrected chi connectivity index (χ3v) is 7.59. The third kappa shape index (κ3) is 4.33. The monoisotopic (exact) mass is 504 g/mol. The van der Waals surface area contributed by atoms with Gasteiger partial charge in [0, 0.05) is 43.4 Å². The minimum Gasteiger partial charge on any atom is -0.355 e. The van der Waals surface area contributed by atoms with Crippen molar-refractivity contribution < 1.29 is 35.2 Å². The Balaban J connectivity index is 1.71. The molecule has 0 aliphatic carbocycles. The Morgan fingerprint density at radius 2 is 1.82 bits per heavy atom. The number of sulfonamides is 1. The number of piperidine rings is 1. The summed E-state index contributed by atoms with van der Waals surface area (Å²) in [5.41, 5.74) is -1.10. The molecule has 1 fully saturated rings. The van der Waals surface area contributed by atoms with Crippen molar-refractivity contribution in [1.82, 2.24) is 9.71 Å². The number of halogens is 5. The maximum atomic E-state index is 14.3. The lowest BCUT2D eigenvalue weighted by Crippen LogP contribution is -2.52. The molecule has 0 saturated carbocycles. The largest absolute Gasteiger partial charge is 0.417 e. The highest BCUT2D eigenvalue weighted by molar-refractivity contribution is 7.89. The number of nitrogens with zero attached hydrogens (tertiary/aromatic N) is 2. The Hall–Kier alpha value is -2.80. The summed E-state index contributed by atoms with van der Waals surface area (Å²) in [7, 11) is -3.74. The summed E-state index contributed by atoms with van der Waals surface area (Å²) in [6.07, 6.45) is -4.23. The second-order valence-corrected chi connectivity index (χ2v) is 10.3. The second kappa shape index (κ2) is 8.15. The van der Waals surface area contributed by atoms with Crippen LogP contribution in [0, 0.1) is 11.8 Å². The summed E-state index contributed by atoms with van der Waals surface area (Å²) in [6, 6.07) is 4.72. The summed E-state index contributed by atoms with van der Waals surface area (Å²) in [4.78, 5) is 18.2. The van der Waals surface area contributed by atoms with E-state index in [2.05, 4.69) is 15.0 Å². The lowest BCUT2D eigenvalue weighted by molar-refractivity contribution is -0.137. The molecule has 1 aromatic heterocycles. The number of hydrogen-bond acceptors (Lipinski definition) is 5. The van der Waals surface area contributed by atoms with Gasteiger partial charge in [-0.1, -0.05) is 19.9 Å². The van der Waals surface area contributed by atoms with Gasteiger partial charge in [-0.25, -0.2) is 26.9 Å². The summed E-state index contributed by atoms with van der Waals surface area (Å²) >= 11 is 0. The van der Waals surface area contributed by atoms with Gasteiger partial charge in [0.15, 0.2) is 0 Å². The van der Waals surface area contributed by atoms with Crippen LogP contribution >= 0.6 is 0 Å². The molecule has 4 rings (SSSR count). The summed E-state index contributed by atoms with van der Waals surface area (Å²) in [5.74, 6) is -6.35. The Kier molecular flexibility index (Phi) is 5.83. The smallest absolute Gasteiger partial charge is 0.355 e. The Morgan fingerprint density at radius 1 is 1.18 bits per heavy atom. The molecule has 0 spiro atoms. The van der Waals surface area contributed by atoms with Crippen molar-refractivity contribution in [2.24, 2.45) is 11.8 Å². The van der Waals surface area contributed by atoms with E-state index < -0.39 is 51.0 Å². The lowest BCUT2D eigenvalue weighted by Gasteiger charge is -2.42. The number of benzene rings is 1. The number of hydrogen-bond donors (Lipinski definition) is 2. The van der Waals surface area contributed by atoms with Gasteiger partial charge in [-0.3, -0.25) is 4.79 Å². The van der Waals surface area contributed by atoms with Crippen LogP contribution < -0.4 is 14.9 Å². The maximum absolute atomic E-state index is 14.3. The molecule has 1 saturated heterocycles. The highest BCUT2D eigenvalue weighted by Gasteiger charge is 2.48. The molecule has 2 aliphatic heterocycles. The fraction of sp³-hybridized carbons (Fsp3) is 0.429. The van der Waals surface area contributed by atoms with Gasteiger partial charge < -0.3 is 10.2 Å². The van der Waals surface area contributed by atoms with E-state index in [4.69, 9.17) is 0 Å². The Bertz CT molecular complexity index is 1240. The zero-order valence-electron chi connectivity index (χ0n) is 18.1. The van der Waals surface area contributed by atoms with E-state index in [1.54, 1.807) is 0 Å². The van der Waals surface area contributed by atoms with E-state index >= 15 is 0 Å². The number of nitrogens with one attached hydrogen (secondary N) is 2. The number of pyridine rings is 1. The molecule has 13 heteroatoms. The molecular formula is C21H21F5N4O3S. The van der Waals surface area contributed by atoms with E-state index in [1.165, 1.54) is 36.9 Å². The van der Waals surface area contributed by atoms with Crippen molar-refractivity contribution in [1.29, 1.82) is 0 Å². The van der Waals surface area contributed by atoms with Gasteiger partial charge in [0.1, 0.15) is 5.82 Å². The molecule has 1 aromatic carbocycles. The Morgan fingerprint density at radius 3 is 2.44 bits per heavy atom. The average molecular weight is 504 g/mol. The van der Waals surface area contributed by atoms with Crippen LogP contribution in [0.4, 0.5) is 33.5 Å². The van der Waals surface area contributed by atoms with Crippen LogP contribution in [0.15, 0.2) is 35.4 Å². The fourth-order valence-electron chi connectivity index (χ4n) is 4.15. The number of fused-ring (bicyclic) bond motifs is 1. The molecular weight excluding hydrogens is 483 g/mol. The molecule has 1 amide bonds. The van der Waals surface area contributed by atoms with Crippen LogP contribution in [0.3, 0.4) is 0 Å². The zero-order chi connectivity index (χ0) is 25.1. The van der Waals surface area contributed by atoms with Gasteiger partial charge in [-0.2, -0.15) is 13.2 Å². The predicted octanol–water partition coefficient (Wildman–Crippen LogP) is 3.87. The van der Waals surface area contributed by atoms with E-state index in [0.29, 0.717) is 17.8 Å². The first-order valence-corrected chi connectivity index (χ1v) is 11.8. The summed E-state index contributed by atoms with van der Waals surface area (Å²) < 4.78 is 95.0. The van der Waals surface area contributed by atoms with Gasteiger partial charge in [-0.05, 0) is 23.8 Å². The molecule has 184 valence electrons. The van der Waals surface area contributed by atoms with E-state index in [9.17, 15) is 35.2 Å². The first kappa shape index (κ1) is 24.3. The van der Waals surface area contributed by atoms with E-state index in [1.807, 2.05) is 0 Å². The molecule has 2 atom stereocenters. The first-order chi connectivity index (χ1) is 15.7. The van der Waals surface area contributed by atoms with Crippen LogP contribution in [0.5, 0.6) is 0 Å². The lowest BCUT2D eigenvalue weighted by atomic mass is 9.87. The van der Waals surface area contributed by atoms with Crippen LogP contribution in [-0.4, -0.2) is 38.3 Å². The number of amides is 1. The van der Waals surface area contributed by atoms with Crippen LogP contribution in [0.25, 0.3) is 0 Å². The number of alkyl halides is 5. The molecule has 0 unspecified atom stereocenters. The molecule has 2 aromatic rings. The van der Waals surface area contributed by atoms with Crippen LogP contribution in [0.1, 0.15) is 35.3 Å². The minimum atomic E-state index is -4.79. The van der Waals surface area contributed by atoms with Gasteiger partial charge in [-0.15, -0.1) is 0 Å². The van der Waals surface area contributed by atoms with Crippen molar-refractivity contribution in [2.75, 3.05) is 23.3 Å². The number of carbonyl (C=O) groups is 1. The van der Waals surface area contributed by atoms with Gasteiger partial charge in [0.2, 0.25) is 10.0 Å². The van der Waals surface area contributed by atoms with Crippen molar-refractivity contribution in [3.63, 3.8) is 0 Å². The predicted molar refractivity (Wildman–Crippen MR) is 113 cm³/mol. The normalized spacial score (nSPS) is 23.4. The van der Waals surface area contributed by atoms with Gasteiger partial charge in [0.05, 0.1) is 16.0 Å². The zero-order valence-corrected chi connectivity index (χ0v) is 18.9. The quantitative estimate of drug-likeness (QED) is 0.620. The van der Waals surface area contributed by atoms with E-state index in [0.717, 1.165) is 0 Å². The standard InChI is InChI=1S/C21H21F5N4O3S/c1-11-9-30(10-12(2)20(11,22)23)18-16(5-14(8-27-18)21(24,25)26)19(31)29-15-4-3-13-7-28-34(32,33)17(13)6-15/h3-6,8,11-12,28H,7,9-10H2,1-2H3,(H,29,31)/t11-,12+. The average Bonchev–Trinajstić information content (AvgIpc) is 3.05. The highest BCUT2D eigenvalue weighted by atomic mass is 32.2. The SMILES string of the molecule is C[C@@H]1CN(c2ncc(C(F)(F)F)cc2C(=O)Nc2ccc3c(c2)S(=O)(=O)NC3)C[C@H](C)C1(F)F. The number of anilines is 2. The first-order valence-electron chi connectivity index (χ1n) is 10.3.